The lowest BCUT2D eigenvalue weighted by Crippen LogP contribution is -2.34. The topological polar surface area (TPSA) is 26.3 Å². The van der Waals surface area contributed by atoms with Crippen LogP contribution < -0.4 is 0 Å². The maximum atomic E-state index is 14.0. The van der Waals surface area contributed by atoms with Gasteiger partial charge in [0.2, 0.25) is 0 Å². The molecule has 1 fully saturated rings. The molecule has 3 heteroatoms. The van der Waals surface area contributed by atoms with Gasteiger partial charge in [-0.3, -0.25) is 4.79 Å². The molecule has 0 N–H and O–H groups in total. The van der Waals surface area contributed by atoms with Gasteiger partial charge >= 0.3 is 5.97 Å². The molecule has 21 heavy (non-hydrogen) atoms. The normalized spacial score (nSPS) is 17.6. The van der Waals surface area contributed by atoms with Crippen LogP contribution in [0.5, 0.6) is 0 Å². The predicted molar refractivity (Wildman–Crippen MR) is 80.4 cm³/mol. The first-order valence-corrected chi connectivity index (χ1v) is 7.50. The molecular weight excluding hydrogens is 267 g/mol. The molecule has 0 heterocycles. The molecule has 1 saturated carbocycles. The second kappa shape index (κ2) is 5.47. The minimum Gasteiger partial charge on any atom is -0.454 e. The van der Waals surface area contributed by atoms with E-state index in [1.165, 1.54) is 13.0 Å². The van der Waals surface area contributed by atoms with E-state index in [2.05, 4.69) is 0 Å². The van der Waals surface area contributed by atoms with E-state index >= 15 is 0 Å². The Morgan fingerprint density at radius 2 is 1.71 bits per heavy atom. The Hall–Kier alpha value is -1.90. The molecule has 0 atom stereocenters. The zero-order valence-corrected chi connectivity index (χ0v) is 12.2. The molecule has 1 aliphatic rings. The SMILES string of the molecule is CC(=O)OC1(c2ccc(F)c3ccccc23)CCCCC1. The Labute approximate surface area is 123 Å². The number of rotatable bonds is 2. The van der Waals surface area contributed by atoms with Crippen LogP contribution in [0.4, 0.5) is 4.39 Å². The van der Waals surface area contributed by atoms with Gasteiger partial charge in [0.25, 0.3) is 0 Å². The van der Waals surface area contributed by atoms with Crippen molar-refractivity contribution in [3.8, 4) is 0 Å². The van der Waals surface area contributed by atoms with E-state index in [0.29, 0.717) is 5.39 Å². The van der Waals surface area contributed by atoms with Crippen molar-refractivity contribution in [3.05, 3.63) is 47.8 Å². The minimum atomic E-state index is -0.600. The molecule has 0 aromatic heterocycles. The number of carbonyl (C=O) groups is 1. The number of hydrogen-bond donors (Lipinski definition) is 0. The molecule has 0 unspecified atom stereocenters. The van der Waals surface area contributed by atoms with Crippen molar-refractivity contribution in [3.63, 3.8) is 0 Å². The summed E-state index contributed by atoms with van der Waals surface area (Å²) in [6.07, 6.45) is 4.82. The third-order valence-electron chi connectivity index (χ3n) is 4.36. The van der Waals surface area contributed by atoms with Crippen molar-refractivity contribution in [2.75, 3.05) is 0 Å². The molecule has 0 saturated heterocycles. The molecule has 2 nitrogen and oxygen atoms in total. The number of fused-ring (bicyclic) bond motifs is 1. The lowest BCUT2D eigenvalue weighted by Gasteiger charge is -2.37. The third-order valence-corrected chi connectivity index (χ3v) is 4.36. The Balaban J connectivity index is 2.20. The van der Waals surface area contributed by atoms with Crippen LogP contribution in [0.2, 0.25) is 0 Å². The van der Waals surface area contributed by atoms with Crippen molar-refractivity contribution in [1.82, 2.24) is 0 Å². The van der Waals surface area contributed by atoms with Crippen molar-refractivity contribution >= 4 is 16.7 Å². The highest BCUT2D eigenvalue weighted by Crippen LogP contribution is 2.43. The van der Waals surface area contributed by atoms with E-state index in [-0.39, 0.29) is 11.8 Å². The molecule has 2 aromatic rings. The zero-order valence-electron chi connectivity index (χ0n) is 12.2. The standard InChI is InChI=1S/C18H19FO2/c1-13(20)21-18(11-5-2-6-12-18)16-9-10-17(19)15-8-4-3-7-14(15)16/h3-4,7-10H,2,5-6,11-12H2,1H3. The van der Waals surface area contributed by atoms with Crippen LogP contribution >= 0.6 is 0 Å². The molecule has 110 valence electrons. The van der Waals surface area contributed by atoms with E-state index in [1.54, 1.807) is 12.1 Å². The lowest BCUT2D eigenvalue weighted by atomic mass is 9.77. The molecule has 0 spiro atoms. The van der Waals surface area contributed by atoms with Gasteiger partial charge in [0.05, 0.1) is 0 Å². The number of esters is 1. The van der Waals surface area contributed by atoms with Crippen molar-refractivity contribution < 1.29 is 13.9 Å². The average Bonchev–Trinajstić information content (AvgIpc) is 2.48. The van der Waals surface area contributed by atoms with Crippen molar-refractivity contribution in [2.24, 2.45) is 0 Å². The second-order valence-electron chi connectivity index (χ2n) is 5.79. The van der Waals surface area contributed by atoms with Crippen LogP contribution in [-0.4, -0.2) is 5.97 Å². The minimum absolute atomic E-state index is 0.233. The Morgan fingerprint density at radius 1 is 1.05 bits per heavy atom. The van der Waals surface area contributed by atoms with E-state index in [1.807, 2.05) is 18.2 Å². The smallest absolute Gasteiger partial charge is 0.303 e. The summed E-state index contributed by atoms with van der Waals surface area (Å²) in [6.45, 7) is 1.45. The molecule has 0 aliphatic heterocycles. The summed E-state index contributed by atoms with van der Waals surface area (Å²) < 4.78 is 19.8. The van der Waals surface area contributed by atoms with Gasteiger partial charge in [0.1, 0.15) is 11.4 Å². The summed E-state index contributed by atoms with van der Waals surface area (Å²) in [5, 5.41) is 1.44. The lowest BCUT2D eigenvalue weighted by molar-refractivity contribution is -0.162. The van der Waals surface area contributed by atoms with Gasteiger partial charge in [0, 0.05) is 17.9 Å². The molecule has 1 aliphatic carbocycles. The molecule has 0 radical (unpaired) electrons. The van der Waals surface area contributed by atoms with E-state index in [0.717, 1.165) is 43.1 Å². The molecule has 3 rings (SSSR count). The number of benzene rings is 2. The highest BCUT2D eigenvalue weighted by molar-refractivity contribution is 5.87. The van der Waals surface area contributed by atoms with Gasteiger partial charge < -0.3 is 4.74 Å². The molecule has 0 amide bonds. The molecular formula is C18H19FO2. The maximum Gasteiger partial charge on any atom is 0.303 e. The van der Waals surface area contributed by atoms with Crippen LogP contribution in [0.25, 0.3) is 10.8 Å². The number of halogens is 1. The van der Waals surface area contributed by atoms with Crippen LogP contribution in [0.15, 0.2) is 36.4 Å². The van der Waals surface area contributed by atoms with E-state index in [9.17, 15) is 9.18 Å². The quantitative estimate of drug-likeness (QED) is 0.748. The summed E-state index contributed by atoms with van der Waals surface area (Å²) in [4.78, 5) is 11.6. The van der Waals surface area contributed by atoms with Gasteiger partial charge in [-0.15, -0.1) is 0 Å². The molecule has 0 bridgehead atoms. The number of hydrogen-bond acceptors (Lipinski definition) is 2. The summed E-state index contributed by atoms with van der Waals surface area (Å²) >= 11 is 0. The first kappa shape index (κ1) is 14.1. The Morgan fingerprint density at radius 3 is 2.38 bits per heavy atom. The largest absolute Gasteiger partial charge is 0.454 e. The summed E-state index contributed by atoms with van der Waals surface area (Å²) in [7, 11) is 0. The molecule has 2 aromatic carbocycles. The first-order chi connectivity index (χ1) is 10.1. The van der Waals surface area contributed by atoms with Gasteiger partial charge in [-0.1, -0.05) is 36.8 Å². The Bertz CT molecular complexity index is 672. The van der Waals surface area contributed by atoms with Crippen molar-refractivity contribution in [2.45, 2.75) is 44.6 Å². The van der Waals surface area contributed by atoms with E-state index < -0.39 is 5.60 Å². The van der Waals surface area contributed by atoms with Gasteiger partial charge in [-0.25, -0.2) is 4.39 Å². The first-order valence-electron chi connectivity index (χ1n) is 7.50. The summed E-state index contributed by atoms with van der Waals surface area (Å²) in [6, 6.07) is 10.7. The fourth-order valence-corrected chi connectivity index (χ4v) is 3.48. The average molecular weight is 286 g/mol. The van der Waals surface area contributed by atoms with Crippen LogP contribution in [0, 0.1) is 5.82 Å². The zero-order chi connectivity index (χ0) is 14.9. The Kier molecular flexibility index (Phi) is 3.66. The van der Waals surface area contributed by atoms with Gasteiger partial charge in [-0.05, 0) is 37.1 Å². The number of carbonyl (C=O) groups excluding carboxylic acids is 1. The monoisotopic (exact) mass is 286 g/mol. The van der Waals surface area contributed by atoms with Gasteiger partial charge in [0.15, 0.2) is 0 Å². The third kappa shape index (κ3) is 2.53. The summed E-state index contributed by atoms with van der Waals surface area (Å²) in [5.74, 6) is -0.506. The second-order valence-corrected chi connectivity index (χ2v) is 5.79. The summed E-state index contributed by atoms with van der Waals surface area (Å²) in [5.41, 5.74) is 0.339. The number of ether oxygens (including phenoxy) is 1. The predicted octanol–water partition coefficient (Wildman–Crippen LogP) is 4.70. The van der Waals surface area contributed by atoms with Crippen LogP contribution in [0.1, 0.15) is 44.6 Å². The van der Waals surface area contributed by atoms with Gasteiger partial charge in [-0.2, -0.15) is 0 Å². The fourth-order valence-electron chi connectivity index (χ4n) is 3.48. The van der Waals surface area contributed by atoms with Crippen LogP contribution in [0.3, 0.4) is 0 Å². The van der Waals surface area contributed by atoms with E-state index in [4.69, 9.17) is 4.74 Å². The highest BCUT2D eigenvalue weighted by atomic mass is 19.1. The maximum absolute atomic E-state index is 14.0. The fraction of sp³-hybridized carbons (Fsp3) is 0.389. The van der Waals surface area contributed by atoms with Crippen molar-refractivity contribution in [1.29, 1.82) is 0 Å². The van der Waals surface area contributed by atoms with Crippen LogP contribution in [-0.2, 0) is 15.1 Å². The highest BCUT2D eigenvalue weighted by Gasteiger charge is 2.38.